The molecule has 0 saturated carbocycles. The summed E-state index contributed by atoms with van der Waals surface area (Å²) < 4.78 is 28.3. The molecule has 1 aromatic heterocycles. The highest BCUT2D eigenvalue weighted by Crippen LogP contribution is 2.22. The third kappa shape index (κ3) is 2.56. The Hall–Kier alpha value is -3.09. The van der Waals surface area contributed by atoms with Crippen LogP contribution in [0.2, 0.25) is 0 Å². The summed E-state index contributed by atoms with van der Waals surface area (Å²) in [5.41, 5.74) is 0.883. The van der Waals surface area contributed by atoms with Crippen molar-refractivity contribution >= 4 is 5.97 Å². The lowest BCUT2D eigenvalue weighted by molar-refractivity contribution is 0.0697. The molecule has 0 spiro atoms. The van der Waals surface area contributed by atoms with E-state index < -0.39 is 17.6 Å². The van der Waals surface area contributed by atoms with Gasteiger partial charge >= 0.3 is 5.97 Å². The van der Waals surface area contributed by atoms with E-state index in [9.17, 15) is 13.6 Å². The van der Waals surface area contributed by atoms with Crippen molar-refractivity contribution in [2.75, 3.05) is 0 Å². The number of aromatic nitrogens is 3. The van der Waals surface area contributed by atoms with Gasteiger partial charge in [-0.2, -0.15) is 0 Å². The van der Waals surface area contributed by atoms with Gasteiger partial charge in [0.2, 0.25) is 0 Å². The van der Waals surface area contributed by atoms with Crippen molar-refractivity contribution in [1.82, 2.24) is 15.0 Å². The molecule has 3 rings (SSSR count). The third-order valence-electron chi connectivity index (χ3n) is 3.08. The fourth-order valence-corrected chi connectivity index (χ4v) is 1.96. The number of carboxylic acid groups (broad SMARTS) is 1. The number of halogens is 2. The van der Waals surface area contributed by atoms with Gasteiger partial charge in [0.05, 0.1) is 17.4 Å². The molecule has 0 fully saturated rings. The lowest BCUT2D eigenvalue weighted by Crippen LogP contribution is -1.98. The van der Waals surface area contributed by atoms with E-state index in [1.165, 1.54) is 23.0 Å². The Morgan fingerprint density at radius 3 is 2.50 bits per heavy atom. The molecule has 3 aromatic rings. The Morgan fingerprint density at radius 2 is 1.82 bits per heavy atom. The molecular weight excluding hydrogens is 292 g/mol. The van der Waals surface area contributed by atoms with Gasteiger partial charge in [-0.25, -0.2) is 18.3 Å². The molecule has 0 radical (unpaired) electrons. The van der Waals surface area contributed by atoms with Crippen molar-refractivity contribution in [2.24, 2.45) is 0 Å². The van der Waals surface area contributed by atoms with Gasteiger partial charge in [0.1, 0.15) is 17.3 Å². The van der Waals surface area contributed by atoms with Gasteiger partial charge in [-0.1, -0.05) is 5.21 Å². The van der Waals surface area contributed by atoms with Crippen LogP contribution in [0.4, 0.5) is 8.78 Å². The summed E-state index contributed by atoms with van der Waals surface area (Å²) in [5.74, 6) is -2.21. The lowest BCUT2D eigenvalue weighted by atomic mass is 10.1. The van der Waals surface area contributed by atoms with Gasteiger partial charge < -0.3 is 5.11 Å². The van der Waals surface area contributed by atoms with Gasteiger partial charge in [-0.15, -0.1) is 5.10 Å². The van der Waals surface area contributed by atoms with Crippen LogP contribution >= 0.6 is 0 Å². The topological polar surface area (TPSA) is 68.0 Å². The van der Waals surface area contributed by atoms with Crippen LogP contribution in [0.5, 0.6) is 0 Å². The van der Waals surface area contributed by atoms with Crippen LogP contribution < -0.4 is 0 Å². The molecule has 0 amide bonds. The summed E-state index contributed by atoms with van der Waals surface area (Å²) in [6.07, 6.45) is 1.44. The molecule has 0 saturated heterocycles. The number of nitrogens with zero attached hydrogens (tertiary/aromatic N) is 3. The van der Waals surface area contributed by atoms with E-state index in [0.29, 0.717) is 5.69 Å². The summed E-state index contributed by atoms with van der Waals surface area (Å²) in [4.78, 5) is 10.8. The molecule has 5 nitrogen and oxygen atoms in total. The van der Waals surface area contributed by atoms with E-state index in [2.05, 4.69) is 10.3 Å². The minimum atomic E-state index is -1.03. The van der Waals surface area contributed by atoms with Gasteiger partial charge in [-0.05, 0) is 42.5 Å². The van der Waals surface area contributed by atoms with Crippen LogP contribution in [0.3, 0.4) is 0 Å². The summed E-state index contributed by atoms with van der Waals surface area (Å²) in [5, 5.41) is 16.5. The van der Waals surface area contributed by atoms with E-state index in [1.807, 2.05) is 0 Å². The maximum Gasteiger partial charge on any atom is 0.335 e. The molecular formula is C15H9F2N3O2. The zero-order valence-electron chi connectivity index (χ0n) is 11.1. The predicted octanol–water partition coefficient (Wildman–Crippen LogP) is 2.91. The summed E-state index contributed by atoms with van der Waals surface area (Å²) in [6.45, 7) is 0. The van der Waals surface area contributed by atoms with Gasteiger partial charge in [0, 0.05) is 5.56 Å². The molecule has 0 unspecified atom stereocenters. The van der Waals surface area contributed by atoms with Crippen molar-refractivity contribution < 1.29 is 18.7 Å². The first-order valence-electron chi connectivity index (χ1n) is 6.26. The van der Waals surface area contributed by atoms with E-state index in [1.54, 1.807) is 12.1 Å². The second kappa shape index (κ2) is 5.36. The molecule has 22 heavy (non-hydrogen) atoms. The standard InChI is InChI=1S/C15H9F2N3O2/c16-10-3-6-13(17)12(7-10)14-8-20(19-18-14)11-4-1-9(2-5-11)15(21)22/h1-8H,(H,21,22). The number of hydrogen-bond donors (Lipinski definition) is 1. The van der Waals surface area contributed by atoms with Crippen LogP contribution in [-0.2, 0) is 0 Å². The van der Waals surface area contributed by atoms with Crippen LogP contribution in [0.15, 0.2) is 48.7 Å². The number of carbonyl (C=O) groups is 1. The molecule has 0 bridgehead atoms. The normalized spacial score (nSPS) is 10.6. The van der Waals surface area contributed by atoms with E-state index >= 15 is 0 Å². The minimum Gasteiger partial charge on any atom is -0.478 e. The Kier molecular flexibility index (Phi) is 3.38. The predicted molar refractivity (Wildman–Crippen MR) is 73.7 cm³/mol. The van der Waals surface area contributed by atoms with Crippen LogP contribution in [0, 0.1) is 11.6 Å². The third-order valence-corrected chi connectivity index (χ3v) is 3.08. The average molecular weight is 301 g/mol. The van der Waals surface area contributed by atoms with Crippen LogP contribution in [-0.4, -0.2) is 26.1 Å². The number of rotatable bonds is 3. The molecule has 7 heteroatoms. The molecule has 0 aliphatic heterocycles. The highest BCUT2D eigenvalue weighted by molar-refractivity contribution is 5.87. The fraction of sp³-hybridized carbons (Fsp3) is 0. The number of carboxylic acids is 1. The Bertz CT molecular complexity index is 844. The SMILES string of the molecule is O=C(O)c1ccc(-n2cc(-c3cc(F)ccc3F)nn2)cc1. The molecule has 1 N–H and O–H groups in total. The largest absolute Gasteiger partial charge is 0.478 e. The maximum absolute atomic E-state index is 13.7. The Balaban J connectivity index is 1.96. The molecule has 110 valence electrons. The Morgan fingerprint density at radius 1 is 1.09 bits per heavy atom. The zero-order chi connectivity index (χ0) is 15.7. The average Bonchev–Trinajstić information content (AvgIpc) is 2.99. The van der Waals surface area contributed by atoms with E-state index in [0.717, 1.165) is 18.2 Å². The van der Waals surface area contributed by atoms with Crippen LogP contribution in [0.1, 0.15) is 10.4 Å². The number of benzene rings is 2. The minimum absolute atomic E-state index is 0.00778. The smallest absolute Gasteiger partial charge is 0.335 e. The first-order valence-corrected chi connectivity index (χ1v) is 6.26. The monoisotopic (exact) mass is 301 g/mol. The Labute approximate surface area is 123 Å². The summed E-state index contributed by atoms with van der Waals surface area (Å²) in [7, 11) is 0. The lowest BCUT2D eigenvalue weighted by Gasteiger charge is -2.00. The highest BCUT2D eigenvalue weighted by Gasteiger charge is 2.11. The van der Waals surface area contributed by atoms with Gasteiger partial charge in [0.25, 0.3) is 0 Å². The quantitative estimate of drug-likeness (QED) is 0.807. The molecule has 1 heterocycles. The molecule has 0 aliphatic rings. The number of aromatic carboxylic acids is 1. The second-order valence-corrected chi connectivity index (χ2v) is 4.52. The van der Waals surface area contributed by atoms with Crippen molar-refractivity contribution in [2.45, 2.75) is 0 Å². The van der Waals surface area contributed by atoms with Crippen molar-refractivity contribution in [3.8, 4) is 16.9 Å². The summed E-state index contributed by atoms with van der Waals surface area (Å²) in [6, 6.07) is 9.01. The molecule has 0 atom stereocenters. The van der Waals surface area contributed by atoms with Crippen molar-refractivity contribution in [1.29, 1.82) is 0 Å². The first-order chi connectivity index (χ1) is 10.5. The number of hydrogen-bond acceptors (Lipinski definition) is 3. The molecule has 0 aliphatic carbocycles. The van der Waals surface area contributed by atoms with E-state index in [4.69, 9.17) is 5.11 Å². The van der Waals surface area contributed by atoms with Crippen LogP contribution in [0.25, 0.3) is 16.9 Å². The van der Waals surface area contributed by atoms with E-state index in [-0.39, 0.29) is 16.8 Å². The zero-order valence-corrected chi connectivity index (χ0v) is 11.1. The highest BCUT2D eigenvalue weighted by atomic mass is 19.1. The van der Waals surface area contributed by atoms with Gasteiger partial charge in [-0.3, -0.25) is 0 Å². The molecule has 2 aromatic carbocycles. The second-order valence-electron chi connectivity index (χ2n) is 4.52. The van der Waals surface area contributed by atoms with Gasteiger partial charge in [0.15, 0.2) is 0 Å². The fourth-order valence-electron chi connectivity index (χ4n) is 1.96. The van der Waals surface area contributed by atoms with Crippen molar-refractivity contribution in [3.05, 3.63) is 65.9 Å². The maximum atomic E-state index is 13.7. The van der Waals surface area contributed by atoms with Crippen molar-refractivity contribution in [3.63, 3.8) is 0 Å². The first kappa shape index (κ1) is 13.9. The summed E-state index contributed by atoms with van der Waals surface area (Å²) >= 11 is 0.